The van der Waals surface area contributed by atoms with Crippen molar-refractivity contribution < 1.29 is 20.1 Å². The van der Waals surface area contributed by atoms with E-state index in [4.69, 9.17) is 0 Å². The van der Waals surface area contributed by atoms with Crippen molar-refractivity contribution in [2.75, 3.05) is 0 Å². The summed E-state index contributed by atoms with van der Waals surface area (Å²) in [6, 6.07) is 17.4. The fourth-order valence-corrected chi connectivity index (χ4v) is 3.08. The van der Waals surface area contributed by atoms with Gasteiger partial charge in [0.15, 0.2) is 11.5 Å². The van der Waals surface area contributed by atoms with E-state index < -0.39 is 38.6 Å². The van der Waals surface area contributed by atoms with Gasteiger partial charge in [-0.1, -0.05) is 42.5 Å². The number of hydrogen-bond donors (Lipinski definition) is 2. The van der Waals surface area contributed by atoms with E-state index in [-0.39, 0.29) is 0 Å². The molecule has 0 spiro atoms. The van der Waals surface area contributed by atoms with Gasteiger partial charge in [-0.3, -0.25) is 20.2 Å². The van der Waals surface area contributed by atoms with Crippen LogP contribution in [0.5, 0.6) is 11.5 Å². The number of nitro groups is 2. The second-order valence-corrected chi connectivity index (χ2v) is 6.25. The SMILES string of the molecule is O=[N+]([O-])c1cc(C(Cc2ccccc2)c2ccc(O)c([N+](=O)[O-])c2)ccc1O. The minimum Gasteiger partial charge on any atom is -0.502 e. The summed E-state index contributed by atoms with van der Waals surface area (Å²) in [6.45, 7) is 0. The van der Waals surface area contributed by atoms with Crippen LogP contribution in [0.4, 0.5) is 11.4 Å². The molecule has 8 heteroatoms. The third-order valence-electron chi connectivity index (χ3n) is 4.48. The molecule has 0 fully saturated rings. The molecule has 3 aromatic carbocycles. The summed E-state index contributed by atoms with van der Waals surface area (Å²) in [7, 11) is 0. The van der Waals surface area contributed by atoms with Gasteiger partial charge >= 0.3 is 11.4 Å². The Balaban J connectivity index is 2.13. The number of rotatable bonds is 6. The first-order valence-electron chi connectivity index (χ1n) is 8.35. The standard InChI is InChI=1S/C20H16N2O6/c23-19-8-6-14(11-17(19)21(25)26)16(10-13-4-2-1-3-5-13)15-7-9-20(24)18(12-15)22(27)28/h1-9,11-12,16,23-24H,10H2. The first kappa shape index (κ1) is 18.8. The monoisotopic (exact) mass is 380 g/mol. The molecular weight excluding hydrogens is 364 g/mol. The van der Waals surface area contributed by atoms with Crippen molar-refractivity contribution in [2.24, 2.45) is 0 Å². The molecule has 28 heavy (non-hydrogen) atoms. The Kier molecular flexibility index (Phi) is 5.21. The normalized spacial score (nSPS) is 10.8. The first-order chi connectivity index (χ1) is 13.4. The predicted molar refractivity (Wildman–Crippen MR) is 102 cm³/mol. The van der Waals surface area contributed by atoms with Crippen LogP contribution in [-0.4, -0.2) is 20.1 Å². The topological polar surface area (TPSA) is 127 Å². The van der Waals surface area contributed by atoms with Gasteiger partial charge < -0.3 is 10.2 Å². The zero-order chi connectivity index (χ0) is 20.3. The van der Waals surface area contributed by atoms with E-state index in [0.29, 0.717) is 17.5 Å². The Labute approximate surface area is 159 Å². The van der Waals surface area contributed by atoms with E-state index in [9.17, 15) is 30.4 Å². The molecule has 0 amide bonds. The minimum absolute atomic E-state index is 0.421. The van der Waals surface area contributed by atoms with Crippen LogP contribution in [0.3, 0.4) is 0 Å². The summed E-state index contributed by atoms with van der Waals surface area (Å²) in [4.78, 5) is 21.0. The third-order valence-corrected chi connectivity index (χ3v) is 4.48. The lowest BCUT2D eigenvalue weighted by Gasteiger charge is -2.18. The van der Waals surface area contributed by atoms with Crippen molar-refractivity contribution in [3.8, 4) is 11.5 Å². The lowest BCUT2D eigenvalue weighted by atomic mass is 9.85. The molecule has 0 radical (unpaired) electrons. The zero-order valence-corrected chi connectivity index (χ0v) is 14.6. The van der Waals surface area contributed by atoms with Gasteiger partial charge in [-0.25, -0.2) is 0 Å². The van der Waals surface area contributed by atoms with Crippen LogP contribution in [0.15, 0.2) is 66.7 Å². The molecule has 0 bridgehead atoms. The molecule has 0 atom stereocenters. The molecule has 8 nitrogen and oxygen atoms in total. The van der Waals surface area contributed by atoms with Crippen LogP contribution in [0, 0.1) is 20.2 Å². The van der Waals surface area contributed by atoms with Crippen LogP contribution < -0.4 is 0 Å². The van der Waals surface area contributed by atoms with Crippen molar-refractivity contribution >= 4 is 11.4 Å². The molecule has 0 heterocycles. The molecule has 0 aliphatic carbocycles. The molecule has 0 aliphatic heterocycles. The second kappa shape index (κ2) is 7.75. The lowest BCUT2D eigenvalue weighted by Crippen LogP contribution is -2.06. The molecule has 0 saturated carbocycles. The van der Waals surface area contributed by atoms with Crippen molar-refractivity contribution in [1.82, 2.24) is 0 Å². The summed E-state index contributed by atoms with van der Waals surface area (Å²) in [6.07, 6.45) is 0.421. The molecule has 0 saturated heterocycles. The average Bonchev–Trinajstić information content (AvgIpc) is 2.67. The maximum Gasteiger partial charge on any atom is 0.310 e. The number of aromatic hydroxyl groups is 2. The fraction of sp³-hybridized carbons (Fsp3) is 0.100. The van der Waals surface area contributed by atoms with E-state index >= 15 is 0 Å². The average molecular weight is 380 g/mol. The van der Waals surface area contributed by atoms with E-state index in [0.717, 1.165) is 5.56 Å². The first-order valence-corrected chi connectivity index (χ1v) is 8.35. The highest BCUT2D eigenvalue weighted by molar-refractivity contribution is 5.53. The summed E-state index contributed by atoms with van der Waals surface area (Å²) in [5.41, 5.74) is 1.09. The molecule has 142 valence electrons. The Bertz CT molecular complexity index is 973. The largest absolute Gasteiger partial charge is 0.502 e. The maximum absolute atomic E-state index is 11.2. The van der Waals surface area contributed by atoms with Crippen molar-refractivity contribution in [2.45, 2.75) is 12.3 Å². The predicted octanol–water partition coefficient (Wildman–Crippen LogP) is 4.29. The van der Waals surface area contributed by atoms with Crippen LogP contribution in [-0.2, 0) is 6.42 Å². The Hall–Kier alpha value is -3.94. The summed E-state index contributed by atoms with van der Waals surface area (Å²) in [5, 5.41) is 41.9. The summed E-state index contributed by atoms with van der Waals surface area (Å²) in [5.74, 6) is -1.37. The molecule has 3 rings (SSSR count). The molecular formula is C20H16N2O6. The van der Waals surface area contributed by atoms with E-state index in [2.05, 4.69) is 0 Å². The molecule has 2 N–H and O–H groups in total. The number of nitro benzene ring substituents is 2. The van der Waals surface area contributed by atoms with Gasteiger partial charge in [0, 0.05) is 18.1 Å². The summed E-state index contributed by atoms with van der Waals surface area (Å²) < 4.78 is 0. The number of phenols is 2. The minimum atomic E-state index is -0.683. The fourth-order valence-electron chi connectivity index (χ4n) is 3.08. The van der Waals surface area contributed by atoms with E-state index in [1.54, 1.807) is 12.1 Å². The Morgan fingerprint density at radius 1 is 0.750 bits per heavy atom. The number of nitrogens with zero attached hydrogens (tertiary/aromatic N) is 2. The lowest BCUT2D eigenvalue weighted by molar-refractivity contribution is -0.386. The van der Waals surface area contributed by atoms with Crippen LogP contribution >= 0.6 is 0 Å². The van der Waals surface area contributed by atoms with Gasteiger partial charge in [-0.05, 0) is 35.2 Å². The highest BCUT2D eigenvalue weighted by atomic mass is 16.6. The number of hydrogen-bond acceptors (Lipinski definition) is 6. The van der Waals surface area contributed by atoms with Crippen LogP contribution in [0.2, 0.25) is 0 Å². The van der Waals surface area contributed by atoms with E-state index in [1.165, 1.54) is 24.3 Å². The van der Waals surface area contributed by atoms with Gasteiger partial charge in [0.2, 0.25) is 0 Å². The zero-order valence-electron chi connectivity index (χ0n) is 14.6. The molecule has 3 aromatic rings. The Morgan fingerprint density at radius 2 is 1.21 bits per heavy atom. The quantitative estimate of drug-likeness (QED) is 0.485. The third kappa shape index (κ3) is 3.90. The van der Waals surface area contributed by atoms with Gasteiger partial charge in [0.25, 0.3) is 0 Å². The van der Waals surface area contributed by atoms with Crippen molar-refractivity contribution in [3.05, 3.63) is 104 Å². The number of benzene rings is 3. The van der Waals surface area contributed by atoms with Crippen molar-refractivity contribution in [3.63, 3.8) is 0 Å². The van der Waals surface area contributed by atoms with Crippen molar-refractivity contribution in [1.29, 1.82) is 0 Å². The van der Waals surface area contributed by atoms with E-state index in [1.807, 2.05) is 30.3 Å². The van der Waals surface area contributed by atoms with Gasteiger partial charge in [-0.15, -0.1) is 0 Å². The van der Waals surface area contributed by atoms with Crippen LogP contribution in [0.1, 0.15) is 22.6 Å². The highest BCUT2D eigenvalue weighted by Gasteiger charge is 2.23. The van der Waals surface area contributed by atoms with Gasteiger partial charge in [-0.2, -0.15) is 0 Å². The second-order valence-electron chi connectivity index (χ2n) is 6.25. The highest BCUT2D eigenvalue weighted by Crippen LogP contribution is 2.37. The number of phenolic OH excluding ortho intramolecular Hbond substituents is 2. The van der Waals surface area contributed by atoms with Crippen LogP contribution in [0.25, 0.3) is 0 Å². The molecule has 0 aliphatic rings. The Morgan fingerprint density at radius 3 is 1.64 bits per heavy atom. The molecule has 0 aromatic heterocycles. The maximum atomic E-state index is 11.2. The smallest absolute Gasteiger partial charge is 0.310 e. The van der Waals surface area contributed by atoms with Gasteiger partial charge in [0.05, 0.1) is 9.85 Å². The van der Waals surface area contributed by atoms with Gasteiger partial charge in [0.1, 0.15) is 0 Å². The molecule has 0 unspecified atom stereocenters. The summed E-state index contributed by atoms with van der Waals surface area (Å²) >= 11 is 0.